The van der Waals surface area contributed by atoms with Gasteiger partial charge in [-0.3, -0.25) is 0 Å². The smallest absolute Gasteiger partial charge is 0.0386 e. The lowest BCUT2D eigenvalue weighted by molar-refractivity contribution is 0.379. The molecule has 4 bridgehead atoms. The summed E-state index contributed by atoms with van der Waals surface area (Å²) in [7, 11) is 0. The number of allylic oxidation sites excluding steroid dienone is 6. The summed E-state index contributed by atoms with van der Waals surface area (Å²) >= 11 is 0. The van der Waals surface area contributed by atoms with E-state index in [1.807, 2.05) is 0 Å². The molecule has 0 aromatic carbocycles. The second kappa shape index (κ2) is 16.0. The van der Waals surface area contributed by atoms with E-state index in [1.165, 1.54) is 116 Å². The summed E-state index contributed by atoms with van der Waals surface area (Å²) in [6.07, 6.45) is 40.4. The molecule has 2 heteroatoms. The van der Waals surface area contributed by atoms with Crippen LogP contribution in [-0.4, -0.2) is 36.0 Å². The maximum Gasteiger partial charge on any atom is 0.0386 e. The molecule has 32 heavy (non-hydrogen) atoms. The number of nitrogens with zero attached hydrogens (tertiary/aromatic N) is 2. The average molecular weight is 437 g/mol. The van der Waals surface area contributed by atoms with Crippen molar-refractivity contribution in [3.05, 3.63) is 60.0 Å². The Kier molecular flexibility index (Phi) is 12.5. The van der Waals surface area contributed by atoms with Crippen molar-refractivity contribution in [2.75, 3.05) is 26.2 Å². The summed E-state index contributed by atoms with van der Waals surface area (Å²) in [6.45, 7) is 4.71. The Bertz CT molecular complexity index is 652. The first-order valence-corrected chi connectivity index (χ1v) is 13.8. The van der Waals surface area contributed by atoms with E-state index in [2.05, 4.69) is 58.7 Å². The summed E-state index contributed by atoms with van der Waals surface area (Å²) in [5.41, 5.74) is 3.16. The van der Waals surface area contributed by atoms with Crippen LogP contribution < -0.4 is 0 Å². The normalized spacial score (nSPS) is 23.5. The highest BCUT2D eigenvalue weighted by molar-refractivity contribution is 5.22. The van der Waals surface area contributed by atoms with Gasteiger partial charge in [-0.2, -0.15) is 0 Å². The first-order chi connectivity index (χ1) is 15.9. The number of fused-ring (bicyclic) bond motifs is 3. The van der Waals surface area contributed by atoms with Crippen LogP contribution in [0.2, 0.25) is 0 Å². The zero-order chi connectivity index (χ0) is 22.1. The van der Waals surface area contributed by atoms with Gasteiger partial charge >= 0.3 is 0 Å². The van der Waals surface area contributed by atoms with Crippen LogP contribution in [-0.2, 0) is 0 Å². The van der Waals surface area contributed by atoms with E-state index in [4.69, 9.17) is 0 Å². The molecule has 3 aliphatic rings. The topological polar surface area (TPSA) is 6.48 Å². The van der Waals surface area contributed by atoms with Crippen molar-refractivity contribution in [2.45, 2.75) is 103 Å². The molecule has 3 rings (SSSR count). The number of hydrogen-bond acceptors (Lipinski definition) is 2. The highest BCUT2D eigenvalue weighted by Gasteiger charge is 2.08. The lowest BCUT2D eigenvalue weighted by Gasteiger charge is -2.24. The van der Waals surface area contributed by atoms with Crippen LogP contribution in [0.3, 0.4) is 0 Å². The molecule has 0 aromatic heterocycles. The zero-order valence-corrected chi connectivity index (χ0v) is 20.7. The minimum Gasteiger partial charge on any atom is -0.373 e. The van der Waals surface area contributed by atoms with Gasteiger partial charge in [0.2, 0.25) is 0 Å². The molecule has 3 aliphatic heterocycles. The maximum absolute atomic E-state index is 2.53. The summed E-state index contributed by atoms with van der Waals surface area (Å²) in [5, 5.41) is 0. The molecule has 0 saturated carbocycles. The van der Waals surface area contributed by atoms with E-state index < -0.39 is 0 Å². The number of hydrogen-bond donors (Lipinski definition) is 0. The molecule has 2 nitrogen and oxygen atoms in total. The van der Waals surface area contributed by atoms with E-state index in [0.717, 1.165) is 13.1 Å². The quantitative estimate of drug-likeness (QED) is 0.352. The molecular formula is C30H48N2. The lowest BCUT2D eigenvalue weighted by Crippen LogP contribution is -2.23. The van der Waals surface area contributed by atoms with Crippen LogP contribution in [0.5, 0.6) is 0 Å². The van der Waals surface area contributed by atoms with Crippen molar-refractivity contribution < 1.29 is 0 Å². The molecule has 0 unspecified atom stereocenters. The minimum absolute atomic E-state index is 1.10. The van der Waals surface area contributed by atoms with Gasteiger partial charge in [0, 0.05) is 32.4 Å². The molecular weight excluding hydrogens is 388 g/mol. The summed E-state index contributed by atoms with van der Waals surface area (Å²) < 4.78 is 0. The molecule has 0 spiro atoms. The van der Waals surface area contributed by atoms with Crippen molar-refractivity contribution >= 4 is 0 Å². The monoisotopic (exact) mass is 436 g/mol. The molecule has 0 amide bonds. The summed E-state index contributed by atoms with van der Waals surface area (Å²) in [5.74, 6) is 0. The van der Waals surface area contributed by atoms with Gasteiger partial charge in [0.15, 0.2) is 0 Å². The summed E-state index contributed by atoms with van der Waals surface area (Å²) in [6, 6.07) is 0. The number of rotatable bonds is 0. The average Bonchev–Trinajstić information content (AvgIpc) is 2.81. The van der Waals surface area contributed by atoms with E-state index in [0.29, 0.717) is 0 Å². The predicted molar refractivity (Wildman–Crippen MR) is 141 cm³/mol. The van der Waals surface area contributed by atoms with Gasteiger partial charge in [0.1, 0.15) is 0 Å². The second-order valence-corrected chi connectivity index (χ2v) is 10.0. The fourth-order valence-corrected chi connectivity index (χ4v) is 5.10. The second-order valence-electron chi connectivity index (χ2n) is 10.0. The van der Waals surface area contributed by atoms with Gasteiger partial charge in [-0.15, -0.1) is 0 Å². The lowest BCUT2D eigenvalue weighted by atomic mass is 10.0. The predicted octanol–water partition coefficient (Wildman–Crippen LogP) is 8.31. The van der Waals surface area contributed by atoms with Crippen LogP contribution >= 0.6 is 0 Å². The van der Waals surface area contributed by atoms with E-state index in [1.54, 1.807) is 11.1 Å². The van der Waals surface area contributed by atoms with Crippen LogP contribution in [0.4, 0.5) is 0 Å². The van der Waals surface area contributed by atoms with Gasteiger partial charge < -0.3 is 9.80 Å². The van der Waals surface area contributed by atoms with E-state index >= 15 is 0 Å². The molecule has 178 valence electrons. The van der Waals surface area contributed by atoms with Crippen LogP contribution in [0.25, 0.3) is 0 Å². The molecule has 0 N–H and O–H groups in total. The van der Waals surface area contributed by atoms with Gasteiger partial charge in [0.05, 0.1) is 0 Å². The highest BCUT2D eigenvalue weighted by atomic mass is 15.1. The largest absolute Gasteiger partial charge is 0.373 e. The Morgan fingerprint density at radius 1 is 0.594 bits per heavy atom. The Labute approximate surface area is 198 Å². The molecule has 0 saturated heterocycles. The zero-order valence-electron chi connectivity index (χ0n) is 20.7. The Morgan fingerprint density at radius 3 is 2.12 bits per heavy atom. The third-order valence-corrected chi connectivity index (χ3v) is 7.07. The maximum atomic E-state index is 2.53. The molecule has 0 atom stereocenters. The Balaban J connectivity index is 1.39. The van der Waals surface area contributed by atoms with Gasteiger partial charge in [-0.25, -0.2) is 0 Å². The molecule has 0 radical (unpaired) electrons. The first kappa shape index (κ1) is 24.9. The van der Waals surface area contributed by atoms with Crippen molar-refractivity contribution in [3.63, 3.8) is 0 Å². The summed E-state index contributed by atoms with van der Waals surface area (Å²) in [4.78, 5) is 5.07. The minimum atomic E-state index is 1.10. The fraction of sp³-hybridized carbons (Fsp3) is 0.667. The van der Waals surface area contributed by atoms with Gasteiger partial charge in [-0.1, -0.05) is 80.9 Å². The third kappa shape index (κ3) is 10.7. The first-order valence-electron chi connectivity index (χ1n) is 13.8. The molecule has 0 aliphatic carbocycles. The van der Waals surface area contributed by atoms with Crippen molar-refractivity contribution in [1.82, 2.24) is 9.80 Å². The van der Waals surface area contributed by atoms with Crippen molar-refractivity contribution in [3.8, 4) is 0 Å². The Morgan fingerprint density at radius 2 is 1.28 bits per heavy atom. The highest BCUT2D eigenvalue weighted by Crippen LogP contribution is 2.19. The third-order valence-electron chi connectivity index (χ3n) is 7.07. The molecule has 0 fully saturated rings. The van der Waals surface area contributed by atoms with Crippen LogP contribution in [0, 0.1) is 0 Å². The fourth-order valence-electron chi connectivity index (χ4n) is 5.10. The van der Waals surface area contributed by atoms with Gasteiger partial charge in [0.25, 0.3) is 0 Å². The standard InChI is InChI=1S/C30H48N2/c1-3-7-11-15-23-31-25-18-22-30(28-31)20-14-10-6-2-4-8-12-16-24-32-26-17-21-29(27-32)19-13-9-5-1/h1,5,17-18,21-22,26,28H,2-4,6-16,19-20,23-25,27H2. The van der Waals surface area contributed by atoms with Gasteiger partial charge in [-0.05, 0) is 75.6 Å². The van der Waals surface area contributed by atoms with Crippen molar-refractivity contribution in [2.24, 2.45) is 0 Å². The Hall–Kier alpha value is -1.70. The van der Waals surface area contributed by atoms with Crippen molar-refractivity contribution in [1.29, 1.82) is 0 Å². The van der Waals surface area contributed by atoms with E-state index in [9.17, 15) is 0 Å². The van der Waals surface area contributed by atoms with Crippen LogP contribution in [0.15, 0.2) is 60.0 Å². The molecule has 3 heterocycles. The SMILES string of the molecule is C1=CN2CCCCCCCCCCC3=CN(CC=C3)CCCCCC=CCCCC(=C1)C2. The molecule has 0 aromatic rings. The van der Waals surface area contributed by atoms with Crippen LogP contribution in [0.1, 0.15) is 103 Å². The van der Waals surface area contributed by atoms with E-state index in [-0.39, 0.29) is 0 Å².